The zero-order chi connectivity index (χ0) is 16.7. The van der Waals surface area contributed by atoms with Gasteiger partial charge in [-0.3, -0.25) is 9.69 Å². The summed E-state index contributed by atoms with van der Waals surface area (Å²) in [6.07, 6.45) is 4.13. The van der Waals surface area contributed by atoms with Gasteiger partial charge in [0.15, 0.2) is 0 Å². The Morgan fingerprint density at radius 3 is 2.91 bits per heavy atom. The number of benzene rings is 1. The van der Waals surface area contributed by atoms with Crippen molar-refractivity contribution in [3.63, 3.8) is 0 Å². The monoisotopic (exact) mass is 369 g/mol. The van der Waals surface area contributed by atoms with E-state index in [0.29, 0.717) is 16.6 Å². The molecule has 124 valence electrons. The van der Waals surface area contributed by atoms with Gasteiger partial charge < -0.3 is 5.11 Å². The van der Waals surface area contributed by atoms with Crippen LogP contribution in [0.2, 0.25) is 0 Å². The number of allylic oxidation sites excluding steroid dienone is 1. The first-order valence-corrected chi connectivity index (χ1v) is 9.48. The van der Waals surface area contributed by atoms with E-state index < -0.39 is 6.10 Å². The predicted molar refractivity (Wildman–Crippen MR) is 101 cm³/mol. The van der Waals surface area contributed by atoms with Gasteiger partial charge in [-0.25, -0.2) is 0 Å². The number of carbonyl (C=O) groups is 1. The lowest BCUT2D eigenvalue weighted by atomic mass is 10.1. The van der Waals surface area contributed by atoms with Crippen LogP contribution in [0.15, 0.2) is 42.5 Å². The van der Waals surface area contributed by atoms with E-state index in [0.717, 1.165) is 12.2 Å². The standard InChI is InChI=1S/C17H20ClNO2S2/c18-9-5-4-8-15(20)11-16(21)19-14(12-23-17(19)22)10-13-6-2-1-3-7-13/h1-4,6-8,14-15,20H,5,9-12H2/b8-4+/t14?,15-/m1/s1. The highest BCUT2D eigenvalue weighted by Gasteiger charge is 2.34. The predicted octanol–water partition coefficient (Wildman–Crippen LogP) is 3.39. The van der Waals surface area contributed by atoms with Crippen molar-refractivity contribution in [2.75, 3.05) is 11.6 Å². The van der Waals surface area contributed by atoms with Gasteiger partial charge in [0, 0.05) is 11.6 Å². The van der Waals surface area contributed by atoms with Gasteiger partial charge in [-0.2, -0.15) is 0 Å². The van der Waals surface area contributed by atoms with E-state index in [1.807, 2.05) is 18.2 Å². The maximum absolute atomic E-state index is 12.5. The molecule has 0 radical (unpaired) electrons. The van der Waals surface area contributed by atoms with E-state index in [1.54, 1.807) is 17.1 Å². The lowest BCUT2D eigenvalue weighted by Gasteiger charge is -2.24. The lowest BCUT2D eigenvalue weighted by molar-refractivity contribution is -0.129. The van der Waals surface area contributed by atoms with E-state index in [4.69, 9.17) is 23.8 Å². The number of aliphatic hydroxyl groups excluding tert-OH is 1. The van der Waals surface area contributed by atoms with Crippen LogP contribution in [0.4, 0.5) is 0 Å². The third-order valence-corrected chi connectivity index (χ3v) is 5.33. The number of nitrogens with zero attached hydrogens (tertiary/aromatic N) is 1. The Bertz CT molecular complexity index is 565. The molecule has 1 aliphatic heterocycles. The first-order valence-electron chi connectivity index (χ1n) is 7.55. The molecule has 0 aromatic heterocycles. The maximum Gasteiger partial charge on any atom is 0.231 e. The summed E-state index contributed by atoms with van der Waals surface area (Å²) >= 11 is 12.4. The Balaban J connectivity index is 1.97. The van der Waals surface area contributed by atoms with E-state index in [9.17, 15) is 9.90 Å². The van der Waals surface area contributed by atoms with Gasteiger partial charge in [0.2, 0.25) is 5.91 Å². The normalized spacial score (nSPS) is 19.5. The number of halogens is 1. The number of rotatable bonds is 7. The Morgan fingerprint density at radius 1 is 1.48 bits per heavy atom. The van der Waals surface area contributed by atoms with Crippen LogP contribution >= 0.6 is 35.6 Å². The molecule has 0 saturated carbocycles. The molecule has 2 atom stereocenters. The fourth-order valence-corrected chi connectivity index (χ4v) is 4.04. The molecule has 1 aliphatic rings. The number of carbonyl (C=O) groups excluding carboxylic acids is 1. The van der Waals surface area contributed by atoms with Crippen molar-refractivity contribution in [2.24, 2.45) is 0 Å². The number of alkyl halides is 1. The Morgan fingerprint density at radius 2 is 2.22 bits per heavy atom. The van der Waals surface area contributed by atoms with Crippen LogP contribution in [0.1, 0.15) is 18.4 Å². The summed E-state index contributed by atoms with van der Waals surface area (Å²) in [7, 11) is 0. The topological polar surface area (TPSA) is 40.5 Å². The van der Waals surface area contributed by atoms with Crippen LogP contribution in [0.25, 0.3) is 0 Å². The molecule has 6 heteroatoms. The third kappa shape index (κ3) is 5.60. The summed E-state index contributed by atoms with van der Waals surface area (Å²) in [6, 6.07) is 10.1. The lowest BCUT2D eigenvalue weighted by Crippen LogP contribution is -2.41. The van der Waals surface area contributed by atoms with E-state index >= 15 is 0 Å². The number of aliphatic hydroxyl groups is 1. The number of thiocarbonyl (C=S) groups is 1. The molecule has 1 N–H and O–H groups in total. The second-order valence-corrected chi connectivity index (χ2v) is 7.39. The number of thioether (sulfide) groups is 1. The fourth-order valence-electron chi connectivity index (χ4n) is 2.46. The molecule has 0 spiro atoms. The number of hydrogen-bond acceptors (Lipinski definition) is 4. The van der Waals surface area contributed by atoms with Crippen LogP contribution < -0.4 is 0 Å². The molecule has 1 amide bonds. The van der Waals surface area contributed by atoms with E-state index in [2.05, 4.69) is 12.1 Å². The second-order valence-electron chi connectivity index (χ2n) is 5.36. The molecule has 1 fully saturated rings. The number of hydrogen-bond donors (Lipinski definition) is 1. The summed E-state index contributed by atoms with van der Waals surface area (Å²) in [5.74, 6) is 1.19. The summed E-state index contributed by atoms with van der Waals surface area (Å²) in [6.45, 7) is 0. The average Bonchev–Trinajstić information content (AvgIpc) is 2.89. The molecule has 23 heavy (non-hydrogen) atoms. The van der Waals surface area contributed by atoms with Crippen LogP contribution in [-0.4, -0.2) is 44.0 Å². The van der Waals surface area contributed by atoms with Crippen molar-refractivity contribution in [3.8, 4) is 0 Å². The van der Waals surface area contributed by atoms with E-state index in [1.165, 1.54) is 17.3 Å². The van der Waals surface area contributed by atoms with E-state index in [-0.39, 0.29) is 18.4 Å². The van der Waals surface area contributed by atoms with Gasteiger partial charge in [0.1, 0.15) is 4.32 Å². The van der Waals surface area contributed by atoms with Crippen molar-refractivity contribution in [1.29, 1.82) is 0 Å². The van der Waals surface area contributed by atoms with Gasteiger partial charge >= 0.3 is 0 Å². The first kappa shape index (κ1) is 18.5. The highest BCUT2D eigenvalue weighted by molar-refractivity contribution is 8.23. The van der Waals surface area contributed by atoms with Crippen LogP contribution in [0.3, 0.4) is 0 Å². The van der Waals surface area contributed by atoms with Crippen molar-refractivity contribution < 1.29 is 9.90 Å². The van der Waals surface area contributed by atoms with Crippen molar-refractivity contribution in [3.05, 3.63) is 48.0 Å². The maximum atomic E-state index is 12.5. The summed E-state index contributed by atoms with van der Waals surface area (Å²) in [4.78, 5) is 14.2. The molecule has 0 bridgehead atoms. The van der Waals surface area contributed by atoms with Crippen molar-refractivity contribution in [2.45, 2.75) is 31.4 Å². The SMILES string of the molecule is O=C(C[C@H](O)/C=C/CCCl)N1C(=S)SCC1Cc1ccccc1. The molecule has 1 aromatic carbocycles. The minimum Gasteiger partial charge on any atom is -0.389 e. The van der Waals surface area contributed by atoms with Gasteiger partial charge in [-0.05, 0) is 18.4 Å². The fraction of sp³-hybridized carbons (Fsp3) is 0.412. The highest BCUT2D eigenvalue weighted by atomic mass is 35.5. The van der Waals surface area contributed by atoms with Gasteiger partial charge in [0.05, 0.1) is 18.6 Å². The minimum atomic E-state index is -0.795. The summed E-state index contributed by atoms with van der Waals surface area (Å²) in [5, 5.41) is 9.94. The smallest absolute Gasteiger partial charge is 0.231 e. The molecule has 1 aromatic rings. The minimum absolute atomic E-state index is 0.0464. The molecule has 0 aliphatic carbocycles. The largest absolute Gasteiger partial charge is 0.389 e. The van der Waals surface area contributed by atoms with Gasteiger partial charge in [-0.1, -0.05) is 66.5 Å². The van der Waals surface area contributed by atoms with Crippen LogP contribution in [-0.2, 0) is 11.2 Å². The summed E-state index contributed by atoms with van der Waals surface area (Å²) in [5.41, 5.74) is 1.18. The zero-order valence-electron chi connectivity index (χ0n) is 12.7. The molecule has 1 heterocycles. The Labute approximate surface area is 151 Å². The Kier molecular flexibility index (Phi) is 7.56. The van der Waals surface area contributed by atoms with Crippen LogP contribution in [0, 0.1) is 0 Å². The third-order valence-electron chi connectivity index (χ3n) is 3.56. The molecular formula is C17H20ClNO2S2. The van der Waals surface area contributed by atoms with Crippen molar-refractivity contribution in [1.82, 2.24) is 4.90 Å². The molecule has 1 saturated heterocycles. The number of amides is 1. The second kappa shape index (κ2) is 9.42. The highest BCUT2D eigenvalue weighted by Crippen LogP contribution is 2.27. The average molecular weight is 370 g/mol. The Hall–Kier alpha value is -0.880. The molecule has 3 nitrogen and oxygen atoms in total. The molecule has 1 unspecified atom stereocenters. The summed E-state index contributed by atoms with van der Waals surface area (Å²) < 4.78 is 0.605. The molecular weight excluding hydrogens is 350 g/mol. The van der Waals surface area contributed by atoms with Gasteiger partial charge in [-0.15, -0.1) is 11.6 Å². The first-order chi connectivity index (χ1) is 11.1. The zero-order valence-corrected chi connectivity index (χ0v) is 15.1. The van der Waals surface area contributed by atoms with Gasteiger partial charge in [0.25, 0.3) is 0 Å². The molecule has 2 rings (SSSR count). The quantitative estimate of drug-likeness (QED) is 0.454. The van der Waals surface area contributed by atoms with Crippen molar-refractivity contribution >= 4 is 45.8 Å². The van der Waals surface area contributed by atoms with Crippen LogP contribution in [0.5, 0.6) is 0 Å².